The van der Waals surface area contributed by atoms with Crippen molar-refractivity contribution in [3.63, 3.8) is 0 Å². The molecule has 3 nitrogen and oxygen atoms in total. The van der Waals surface area contributed by atoms with Gasteiger partial charge in [0.1, 0.15) is 0 Å². The number of pyridine rings is 2. The summed E-state index contributed by atoms with van der Waals surface area (Å²) in [7, 11) is 0. The van der Waals surface area contributed by atoms with Gasteiger partial charge in [0, 0.05) is 12.1 Å². The summed E-state index contributed by atoms with van der Waals surface area (Å²) in [4.78, 5) is 8.87. The molecule has 0 bridgehead atoms. The predicted molar refractivity (Wildman–Crippen MR) is 75.9 cm³/mol. The Morgan fingerprint density at radius 2 is 1.95 bits per heavy atom. The molecule has 2 aromatic rings. The van der Waals surface area contributed by atoms with Gasteiger partial charge in [-0.3, -0.25) is 9.97 Å². The maximum absolute atomic E-state index is 4.51. The van der Waals surface area contributed by atoms with Crippen LogP contribution in [0.25, 0.3) is 11.4 Å². The Bertz CT molecular complexity index is 674. The average Bonchev–Trinajstić information content (AvgIpc) is 2.86. The second-order valence-corrected chi connectivity index (χ2v) is 4.84. The molecule has 2 unspecified atom stereocenters. The molecule has 19 heavy (non-hydrogen) atoms. The van der Waals surface area contributed by atoms with Crippen LogP contribution in [-0.2, 0) is 0 Å². The number of hydrogen-bond donors (Lipinski definition) is 1. The number of hydrogen-bond acceptors (Lipinski definition) is 3. The molecule has 0 aromatic carbocycles. The topological polar surface area (TPSA) is 37.8 Å². The summed E-state index contributed by atoms with van der Waals surface area (Å²) in [6.45, 7) is 0. The van der Waals surface area contributed by atoms with Crippen LogP contribution in [0.1, 0.15) is 11.5 Å². The molecule has 2 aromatic heterocycles. The van der Waals surface area contributed by atoms with E-state index in [9.17, 15) is 0 Å². The molecule has 2 atom stereocenters. The summed E-state index contributed by atoms with van der Waals surface area (Å²) >= 11 is 0. The highest BCUT2D eigenvalue weighted by atomic mass is 15.0. The number of nitrogens with zero attached hydrogens (tertiary/aromatic N) is 2. The number of fused-ring (bicyclic) bond motifs is 3. The fraction of sp³-hybridized carbons (Fsp3) is 0.125. The van der Waals surface area contributed by atoms with Crippen LogP contribution in [0.15, 0.2) is 61.0 Å². The molecule has 0 amide bonds. The number of rotatable bonds is 1. The summed E-state index contributed by atoms with van der Waals surface area (Å²) in [5.74, 6) is 0.408. The van der Waals surface area contributed by atoms with Gasteiger partial charge in [-0.15, -0.1) is 0 Å². The fourth-order valence-corrected chi connectivity index (χ4v) is 2.74. The summed E-state index contributed by atoms with van der Waals surface area (Å²) in [6, 6.07) is 8.41. The maximum atomic E-state index is 4.51. The summed E-state index contributed by atoms with van der Waals surface area (Å²) < 4.78 is 0. The Labute approximate surface area is 111 Å². The molecule has 0 radical (unpaired) electrons. The Hall–Kier alpha value is -2.42. The van der Waals surface area contributed by atoms with E-state index in [4.69, 9.17) is 0 Å². The average molecular weight is 247 g/mol. The van der Waals surface area contributed by atoms with Crippen LogP contribution in [0.4, 0.5) is 5.69 Å². The van der Waals surface area contributed by atoms with Gasteiger partial charge in [-0.1, -0.05) is 30.4 Å². The number of aromatic nitrogens is 2. The number of anilines is 1. The quantitative estimate of drug-likeness (QED) is 0.841. The van der Waals surface area contributed by atoms with Gasteiger partial charge in [0.25, 0.3) is 0 Å². The standard InChI is InChI=1S/C16H13N3/c1-2-6-13-11(5-1)12-9-15(18-10-16(12)19-13)14-7-3-4-8-17-14/h1-11,13,19H. The van der Waals surface area contributed by atoms with Crippen LogP contribution in [0, 0.1) is 0 Å². The van der Waals surface area contributed by atoms with E-state index in [0.29, 0.717) is 12.0 Å². The lowest BCUT2D eigenvalue weighted by Crippen LogP contribution is -2.17. The van der Waals surface area contributed by atoms with Crippen molar-refractivity contribution < 1.29 is 0 Å². The molecule has 0 saturated heterocycles. The van der Waals surface area contributed by atoms with E-state index in [1.165, 1.54) is 5.56 Å². The minimum atomic E-state index is 0.362. The minimum absolute atomic E-state index is 0.362. The molecule has 1 aliphatic carbocycles. The molecule has 1 N–H and O–H groups in total. The molecule has 3 heterocycles. The van der Waals surface area contributed by atoms with Crippen LogP contribution in [0.3, 0.4) is 0 Å². The van der Waals surface area contributed by atoms with Crippen molar-refractivity contribution in [1.82, 2.24) is 9.97 Å². The lowest BCUT2D eigenvalue weighted by atomic mass is 9.91. The summed E-state index contributed by atoms with van der Waals surface area (Å²) in [5, 5.41) is 3.49. The largest absolute Gasteiger partial charge is 0.376 e. The van der Waals surface area contributed by atoms with Gasteiger partial charge in [0.2, 0.25) is 0 Å². The van der Waals surface area contributed by atoms with Crippen molar-refractivity contribution in [3.05, 3.63) is 66.5 Å². The van der Waals surface area contributed by atoms with Gasteiger partial charge in [0.15, 0.2) is 0 Å². The van der Waals surface area contributed by atoms with Crippen LogP contribution in [0.5, 0.6) is 0 Å². The van der Waals surface area contributed by atoms with Crippen molar-refractivity contribution in [2.45, 2.75) is 12.0 Å². The van der Waals surface area contributed by atoms with Gasteiger partial charge in [-0.25, -0.2) is 0 Å². The first-order valence-electron chi connectivity index (χ1n) is 6.45. The summed E-state index contributed by atoms with van der Waals surface area (Å²) in [6.07, 6.45) is 12.4. The van der Waals surface area contributed by atoms with E-state index in [1.807, 2.05) is 24.4 Å². The third-order valence-corrected chi connectivity index (χ3v) is 3.68. The SMILES string of the molecule is C1=CC2Nc3cnc(-c4ccccn4)cc3C2C=C1. The first-order valence-corrected chi connectivity index (χ1v) is 6.45. The van der Waals surface area contributed by atoms with Gasteiger partial charge < -0.3 is 5.32 Å². The van der Waals surface area contributed by atoms with E-state index in [2.05, 4.69) is 45.7 Å². The van der Waals surface area contributed by atoms with Crippen LogP contribution in [0.2, 0.25) is 0 Å². The van der Waals surface area contributed by atoms with Crippen molar-refractivity contribution in [2.75, 3.05) is 5.32 Å². The predicted octanol–water partition coefficient (Wildman–Crippen LogP) is 3.15. The molecule has 0 saturated carbocycles. The monoisotopic (exact) mass is 247 g/mol. The molecular weight excluding hydrogens is 234 g/mol. The molecule has 0 fully saturated rings. The van der Waals surface area contributed by atoms with Crippen molar-refractivity contribution >= 4 is 5.69 Å². The third-order valence-electron chi connectivity index (χ3n) is 3.68. The van der Waals surface area contributed by atoms with Crippen molar-refractivity contribution in [3.8, 4) is 11.4 Å². The Morgan fingerprint density at radius 1 is 1.00 bits per heavy atom. The van der Waals surface area contributed by atoms with E-state index in [0.717, 1.165) is 17.1 Å². The first-order chi connectivity index (χ1) is 9.42. The number of nitrogens with one attached hydrogen (secondary N) is 1. The lowest BCUT2D eigenvalue weighted by Gasteiger charge is -2.15. The van der Waals surface area contributed by atoms with Gasteiger partial charge in [-0.2, -0.15) is 0 Å². The maximum Gasteiger partial charge on any atom is 0.0890 e. The zero-order valence-electron chi connectivity index (χ0n) is 10.3. The first kappa shape index (κ1) is 10.5. The highest BCUT2D eigenvalue weighted by Gasteiger charge is 2.30. The zero-order chi connectivity index (χ0) is 12.7. The van der Waals surface area contributed by atoms with Crippen molar-refractivity contribution in [2.24, 2.45) is 0 Å². The smallest absolute Gasteiger partial charge is 0.0890 e. The molecule has 2 aliphatic rings. The molecule has 1 aliphatic heterocycles. The van der Waals surface area contributed by atoms with Gasteiger partial charge in [0.05, 0.1) is 29.3 Å². The van der Waals surface area contributed by atoms with Crippen LogP contribution >= 0.6 is 0 Å². The Balaban J connectivity index is 1.80. The number of allylic oxidation sites excluding steroid dienone is 2. The Kier molecular flexibility index (Phi) is 2.24. The van der Waals surface area contributed by atoms with Gasteiger partial charge in [-0.05, 0) is 23.8 Å². The van der Waals surface area contributed by atoms with E-state index < -0.39 is 0 Å². The molecule has 3 heteroatoms. The minimum Gasteiger partial charge on any atom is -0.376 e. The van der Waals surface area contributed by atoms with Crippen LogP contribution in [-0.4, -0.2) is 16.0 Å². The zero-order valence-corrected chi connectivity index (χ0v) is 10.3. The summed E-state index contributed by atoms with van der Waals surface area (Å²) in [5.41, 5.74) is 4.29. The fourth-order valence-electron chi connectivity index (χ4n) is 2.74. The molecule has 92 valence electrons. The highest BCUT2D eigenvalue weighted by Crippen LogP contribution is 2.39. The highest BCUT2D eigenvalue weighted by molar-refractivity contribution is 5.67. The third kappa shape index (κ3) is 1.66. The second-order valence-electron chi connectivity index (χ2n) is 4.84. The normalized spacial score (nSPS) is 22.7. The van der Waals surface area contributed by atoms with E-state index >= 15 is 0 Å². The second kappa shape index (κ2) is 4.05. The van der Waals surface area contributed by atoms with Crippen molar-refractivity contribution in [1.29, 1.82) is 0 Å². The van der Waals surface area contributed by atoms with E-state index in [1.54, 1.807) is 6.20 Å². The van der Waals surface area contributed by atoms with Crippen LogP contribution < -0.4 is 5.32 Å². The molecule has 4 rings (SSSR count). The van der Waals surface area contributed by atoms with E-state index in [-0.39, 0.29) is 0 Å². The molecular formula is C16H13N3. The molecule has 0 spiro atoms. The Morgan fingerprint density at radius 3 is 2.84 bits per heavy atom. The lowest BCUT2D eigenvalue weighted by molar-refractivity contribution is 0.805. The van der Waals surface area contributed by atoms with Gasteiger partial charge >= 0.3 is 0 Å².